The molecule has 0 radical (unpaired) electrons. The highest BCUT2D eigenvalue weighted by molar-refractivity contribution is 7.92. The fourth-order valence-electron chi connectivity index (χ4n) is 2.93. The van der Waals surface area contributed by atoms with Gasteiger partial charge in [-0.05, 0) is 31.5 Å². The van der Waals surface area contributed by atoms with Gasteiger partial charge in [-0.3, -0.25) is 14.4 Å². The van der Waals surface area contributed by atoms with Crippen molar-refractivity contribution in [3.8, 4) is 16.3 Å². The number of hydrogen-bond donors (Lipinski definition) is 1. The van der Waals surface area contributed by atoms with Gasteiger partial charge in [-0.1, -0.05) is 47.7 Å². The predicted molar refractivity (Wildman–Crippen MR) is 118 cm³/mol. The molecule has 1 N–H and O–H groups in total. The van der Waals surface area contributed by atoms with E-state index in [0.29, 0.717) is 16.4 Å². The van der Waals surface area contributed by atoms with Crippen molar-refractivity contribution >= 4 is 38.1 Å². The Labute approximate surface area is 179 Å². The van der Waals surface area contributed by atoms with Gasteiger partial charge in [0.15, 0.2) is 0 Å². The summed E-state index contributed by atoms with van der Waals surface area (Å²) < 4.78 is 31.5. The van der Waals surface area contributed by atoms with E-state index in [1.54, 1.807) is 18.2 Å². The number of aryl methyl sites for hydroxylation is 1. The van der Waals surface area contributed by atoms with Crippen LogP contribution >= 0.6 is 11.3 Å². The molecule has 2 aromatic carbocycles. The number of aromatic nitrogens is 2. The summed E-state index contributed by atoms with van der Waals surface area (Å²) in [6.07, 6.45) is 1.05. The Hall–Kier alpha value is -2.98. The van der Waals surface area contributed by atoms with Crippen LogP contribution in [0.25, 0.3) is 10.6 Å². The van der Waals surface area contributed by atoms with E-state index in [0.717, 1.165) is 21.7 Å². The molecule has 3 rings (SSSR count). The zero-order valence-corrected chi connectivity index (χ0v) is 18.6. The molecule has 1 heterocycles. The molecule has 3 aromatic rings. The number of sulfonamides is 1. The van der Waals surface area contributed by atoms with E-state index in [1.807, 2.05) is 37.3 Å². The molecular formula is C20H22N4O4S2. The number of anilines is 2. The normalized spacial score (nSPS) is 12.3. The standard InChI is InChI=1S/C20H22N4O4S2/c1-13-10-11-17(28-3)16(12-13)24(30(4,26)27)14(2)18(25)21-20-23-22-19(29-20)15-8-6-5-7-9-15/h5-12,14H,1-4H3,(H,21,23,25)/t14-/m1/s1. The maximum absolute atomic E-state index is 12.9. The van der Waals surface area contributed by atoms with E-state index < -0.39 is 22.0 Å². The van der Waals surface area contributed by atoms with Gasteiger partial charge in [0.1, 0.15) is 16.8 Å². The first-order chi connectivity index (χ1) is 14.2. The van der Waals surface area contributed by atoms with Gasteiger partial charge < -0.3 is 4.74 Å². The summed E-state index contributed by atoms with van der Waals surface area (Å²) in [6.45, 7) is 3.35. The molecular weight excluding hydrogens is 424 g/mol. The molecule has 0 saturated heterocycles. The van der Waals surface area contributed by atoms with Gasteiger partial charge in [0, 0.05) is 5.56 Å². The van der Waals surface area contributed by atoms with Crippen LogP contribution in [0.5, 0.6) is 5.75 Å². The maximum atomic E-state index is 12.9. The van der Waals surface area contributed by atoms with Crippen LogP contribution in [-0.2, 0) is 14.8 Å². The number of rotatable bonds is 7. The van der Waals surface area contributed by atoms with Crippen LogP contribution in [0.2, 0.25) is 0 Å². The minimum absolute atomic E-state index is 0.287. The molecule has 0 spiro atoms. The lowest BCUT2D eigenvalue weighted by Gasteiger charge is -2.29. The summed E-state index contributed by atoms with van der Waals surface area (Å²) in [6, 6.07) is 13.6. The molecule has 0 saturated carbocycles. The zero-order valence-electron chi connectivity index (χ0n) is 17.0. The van der Waals surface area contributed by atoms with Crippen molar-refractivity contribution in [2.75, 3.05) is 23.0 Å². The second-order valence-electron chi connectivity index (χ2n) is 6.68. The average Bonchev–Trinajstić information content (AvgIpc) is 3.16. The van der Waals surface area contributed by atoms with Gasteiger partial charge in [-0.25, -0.2) is 8.42 Å². The van der Waals surface area contributed by atoms with Crippen LogP contribution in [0.3, 0.4) is 0 Å². The molecule has 1 aromatic heterocycles. The van der Waals surface area contributed by atoms with Crippen LogP contribution < -0.4 is 14.4 Å². The van der Waals surface area contributed by atoms with Crippen molar-refractivity contribution in [2.45, 2.75) is 19.9 Å². The zero-order chi connectivity index (χ0) is 21.9. The molecule has 0 unspecified atom stereocenters. The van der Waals surface area contributed by atoms with Crippen LogP contribution in [0.4, 0.5) is 10.8 Å². The van der Waals surface area contributed by atoms with E-state index >= 15 is 0 Å². The highest BCUT2D eigenvalue weighted by atomic mass is 32.2. The molecule has 0 aliphatic carbocycles. The predicted octanol–water partition coefficient (Wildman–Crippen LogP) is 3.32. The molecule has 158 valence electrons. The third-order valence-electron chi connectivity index (χ3n) is 4.34. The minimum Gasteiger partial charge on any atom is -0.495 e. The summed E-state index contributed by atoms with van der Waals surface area (Å²) in [5.41, 5.74) is 2.01. The van der Waals surface area contributed by atoms with E-state index in [9.17, 15) is 13.2 Å². The highest BCUT2D eigenvalue weighted by Gasteiger charge is 2.32. The lowest BCUT2D eigenvalue weighted by Crippen LogP contribution is -2.45. The number of hydrogen-bond acceptors (Lipinski definition) is 7. The Morgan fingerprint density at radius 3 is 2.50 bits per heavy atom. The largest absolute Gasteiger partial charge is 0.495 e. The summed E-state index contributed by atoms with van der Waals surface area (Å²) in [7, 11) is -2.33. The average molecular weight is 447 g/mol. The van der Waals surface area contributed by atoms with Crippen LogP contribution in [-0.4, -0.2) is 43.9 Å². The molecule has 10 heteroatoms. The molecule has 8 nitrogen and oxygen atoms in total. The van der Waals surface area contributed by atoms with Crippen LogP contribution in [0.15, 0.2) is 48.5 Å². The smallest absolute Gasteiger partial charge is 0.249 e. The van der Waals surface area contributed by atoms with Crippen molar-refractivity contribution in [1.29, 1.82) is 0 Å². The van der Waals surface area contributed by atoms with Gasteiger partial charge >= 0.3 is 0 Å². The Bertz CT molecular complexity index is 1150. The molecule has 30 heavy (non-hydrogen) atoms. The topological polar surface area (TPSA) is 101 Å². The fraction of sp³-hybridized carbons (Fsp3) is 0.250. The Balaban J connectivity index is 1.87. The Morgan fingerprint density at radius 2 is 1.87 bits per heavy atom. The molecule has 1 amide bonds. The van der Waals surface area contributed by atoms with Crippen LogP contribution in [0, 0.1) is 6.92 Å². The highest BCUT2D eigenvalue weighted by Crippen LogP contribution is 2.33. The van der Waals surface area contributed by atoms with Crippen molar-refractivity contribution in [1.82, 2.24) is 10.2 Å². The van der Waals surface area contributed by atoms with E-state index in [1.165, 1.54) is 25.4 Å². The quantitative estimate of drug-likeness (QED) is 0.597. The second kappa shape index (κ2) is 8.80. The minimum atomic E-state index is -3.78. The number of amides is 1. The number of ether oxygens (including phenoxy) is 1. The van der Waals surface area contributed by atoms with Gasteiger partial charge in [0.2, 0.25) is 21.1 Å². The maximum Gasteiger partial charge on any atom is 0.249 e. The molecule has 0 aliphatic heterocycles. The monoisotopic (exact) mass is 446 g/mol. The summed E-state index contributed by atoms with van der Waals surface area (Å²) in [5.74, 6) is -0.173. The number of carbonyl (C=O) groups excluding carboxylic acids is 1. The fourth-order valence-corrected chi connectivity index (χ4v) is 4.86. The molecule has 1 atom stereocenters. The summed E-state index contributed by atoms with van der Waals surface area (Å²) in [4.78, 5) is 12.9. The van der Waals surface area contributed by atoms with Gasteiger partial charge in [-0.2, -0.15) is 0 Å². The van der Waals surface area contributed by atoms with Crippen LogP contribution in [0.1, 0.15) is 12.5 Å². The number of nitrogens with zero attached hydrogens (tertiary/aromatic N) is 3. The SMILES string of the molecule is COc1ccc(C)cc1N([C@H](C)C(=O)Nc1nnc(-c2ccccc2)s1)S(C)(=O)=O. The number of benzene rings is 2. The lowest BCUT2D eigenvalue weighted by molar-refractivity contribution is -0.116. The van der Waals surface area contributed by atoms with Crippen molar-refractivity contribution in [2.24, 2.45) is 0 Å². The van der Waals surface area contributed by atoms with Gasteiger partial charge in [0.25, 0.3) is 0 Å². The third-order valence-corrected chi connectivity index (χ3v) is 6.45. The molecule has 0 aliphatic rings. The first-order valence-corrected chi connectivity index (χ1v) is 11.7. The lowest BCUT2D eigenvalue weighted by atomic mass is 10.2. The van der Waals surface area contributed by atoms with Gasteiger partial charge in [-0.15, -0.1) is 10.2 Å². The number of methoxy groups -OCH3 is 1. The summed E-state index contributed by atoms with van der Waals surface area (Å²) in [5, 5.41) is 11.7. The van der Waals surface area contributed by atoms with E-state index in [4.69, 9.17) is 4.74 Å². The first-order valence-electron chi connectivity index (χ1n) is 9.04. The van der Waals surface area contributed by atoms with Crippen molar-refractivity contribution in [3.63, 3.8) is 0 Å². The third kappa shape index (κ3) is 4.77. The van der Waals surface area contributed by atoms with Crippen molar-refractivity contribution in [3.05, 3.63) is 54.1 Å². The van der Waals surface area contributed by atoms with E-state index in [2.05, 4.69) is 15.5 Å². The summed E-state index contributed by atoms with van der Waals surface area (Å²) >= 11 is 1.21. The number of nitrogens with one attached hydrogen (secondary N) is 1. The van der Waals surface area contributed by atoms with E-state index in [-0.39, 0.29) is 5.13 Å². The molecule has 0 fully saturated rings. The first kappa shape index (κ1) is 21.7. The van der Waals surface area contributed by atoms with Crippen molar-refractivity contribution < 1.29 is 17.9 Å². The Kier molecular flexibility index (Phi) is 6.37. The Morgan fingerprint density at radius 1 is 1.17 bits per heavy atom. The van der Waals surface area contributed by atoms with Gasteiger partial charge in [0.05, 0.1) is 19.1 Å². The second-order valence-corrected chi connectivity index (χ2v) is 9.51. The molecule has 0 bridgehead atoms. The number of carbonyl (C=O) groups is 1.